The second-order valence-corrected chi connectivity index (χ2v) is 13.0. The molecule has 228 valence electrons. The van der Waals surface area contributed by atoms with Gasteiger partial charge in [-0.05, 0) is 55.7 Å². The number of fused-ring (bicyclic) bond motifs is 2. The number of aliphatic hydroxyl groups is 1. The number of nitrogens with one attached hydrogen (secondary N) is 3. The van der Waals surface area contributed by atoms with Crippen molar-refractivity contribution in [2.75, 3.05) is 25.5 Å². The van der Waals surface area contributed by atoms with Gasteiger partial charge in [-0.25, -0.2) is 26.4 Å². The van der Waals surface area contributed by atoms with Crippen LogP contribution >= 0.6 is 11.6 Å². The monoisotopic (exact) mass is 631 g/mol. The maximum Gasteiger partial charge on any atom is 0.406 e. The molecule has 0 spiro atoms. The van der Waals surface area contributed by atoms with Crippen molar-refractivity contribution in [1.29, 1.82) is 0 Å². The number of alkyl carbamates (subject to hydrolysis) is 1. The fourth-order valence-corrected chi connectivity index (χ4v) is 8.11. The lowest BCUT2D eigenvalue weighted by Crippen LogP contribution is -2.54. The smallest absolute Gasteiger partial charge is 0.406 e. The molecule has 0 radical (unpaired) electrons. The molecule has 4 atom stereocenters. The highest BCUT2D eigenvalue weighted by atomic mass is 35.5. The van der Waals surface area contributed by atoms with E-state index in [0.717, 1.165) is 6.07 Å². The summed E-state index contributed by atoms with van der Waals surface area (Å²) in [5.41, 5.74) is -1.85. The van der Waals surface area contributed by atoms with E-state index in [4.69, 9.17) is 11.6 Å². The van der Waals surface area contributed by atoms with Crippen LogP contribution in [0.3, 0.4) is 0 Å². The van der Waals surface area contributed by atoms with E-state index < -0.39 is 67.9 Å². The van der Waals surface area contributed by atoms with Gasteiger partial charge in [-0.1, -0.05) is 11.6 Å². The predicted molar refractivity (Wildman–Crippen MR) is 145 cm³/mol. The van der Waals surface area contributed by atoms with E-state index in [1.165, 1.54) is 19.2 Å². The van der Waals surface area contributed by atoms with Crippen LogP contribution in [-0.2, 0) is 19.4 Å². The van der Waals surface area contributed by atoms with Crippen molar-refractivity contribution in [2.45, 2.75) is 47.9 Å². The highest BCUT2D eigenvalue weighted by Crippen LogP contribution is 2.52. The number of methoxy groups -OCH3 is 1. The van der Waals surface area contributed by atoms with Crippen molar-refractivity contribution in [1.82, 2.24) is 10.6 Å². The minimum atomic E-state index is -4.10. The average molecular weight is 632 g/mol. The Hall–Kier alpha value is -3.36. The fourth-order valence-electron chi connectivity index (χ4n) is 5.70. The molecule has 15 heteroatoms. The lowest BCUT2D eigenvalue weighted by atomic mass is 9.74. The van der Waals surface area contributed by atoms with Gasteiger partial charge in [0.05, 0.1) is 27.9 Å². The first-order chi connectivity index (χ1) is 19.8. The molecule has 2 saturated carbocycles. The summed E-state index contributed by atoms with van der Waals surface area (Å²) in [4.78, 5) is 35.8. The summed E-state index contributed by atoms with van der Waals surface area (Å²) in [7, 11) is -2.91. The molecule has 0 saturated heterocycles. The highest BCUT2D eigenvalue weighted by Gasteiger charge is 2.55. The third-order valence-corrected chi connectivity index (χ3v) is 10.6. The number of hydrogen-bond donors (Lipinski definition) is 4. The molecule has 10 nitrogen and oxygen atoms in total. The molecule has 0 aromatic heterocycles. The molecule has 0 heterocycles. The van der Waals surface area contributed by atoms with Gasteiger partial charge in [0.2, 0.25) is 5.91 Å². The number of halogens is 4. The third-order valence-electron chi connectivity index (χ3n) is 7.93. The Bertz CT molecular complexity index is 1470. The third kappa shape index (κ3) is 6.50. The molecule has 42 heavy (non-hydrogen) atoms. The molecule has 2 fully saturated rings. The average Bonchev–Trinajstić information content (AvgIpc) is 3.09. The van der Waals surface area contributed by atoms with Crippen LogP contribution in [-0.4, -0.2) is 62.5 Å². The Morgan fingerprint density at radius 1 is 1.05 bits per heavy atom. The Morgan fingerprint density at radius 3 is 2.26 bits per heavy atom. The molecular weight excluding hydrogens is 603 g/mol. The van der Waals surface area contributed by atoms with Gasteiger partial charge in [0.1, 0.15) is 0 Å². The molecule has 1 unspecified atom stereocenters. The van der Waals surface area contributed by atoms with Gasteiger partial charge >= 0.3 is 6.09 Å². The maximum atomic E-state index is 13.7. The molecule has 4 rings (SSSR count). The van der Waals surface area contributed by atoms with E-state index in [1.54, 1.807) is 0 Å². The summed E-state index contributed by atoms with van der Waals surface area (Å²) >= 11 is 6.24. The Kier molecular flexibility index (Phi) is 9.38. The minimum absolute atomic E-state index is 0.0367. The van der Waals surface area contributed by atoms with Gasteiger partial charge in [0.15, 0.2) is 27.3 Å². The van der Waals surface area contributed by atoms with E-state index in [0.29, 0.717) is 25.0 Å². The van der Waals surface area contributed by atoms with E-state index in [1.807, 2.05) is 0 Å². The molecule has 2 aromatic carbocycles. The van der Waals surface area contributed by atoms with Crippen LogP contribution in [0.15, 0.2) is 35.2 Å². The van der Waals surface area contributed by atoms with Crippen LogP contribution in [0, 0.1) is 29.3 Å². The topological polar surface area (TPSA) is 151 Å². The van der Waals surface area contributed by atoms with Gasteiger partial charge in [0, 0.05) is 42.9 Å². The minimum Gasteiger partial charge on any atom is -0.453 e. The fraction of sp³-hybridized carbons (Fsp3) is 0.444. The van der Waals surface area contributed by atoms with E-state index in [2.05, 4.69) is 20.7 Å². The summed E-state index contributed by atoms with van der Waals surface area (Å²) in [6.07, 6.45) is 0.572. The molecule has 4 N–H and O–H groups in total. The Labute approximate surface area is 244 Å². The molecule has 2 bridgehead atoms. The van der Waals surface area contributed by atoms with Gasteiger partial charge in [-0.2, -0.15) is 0 Å². The van der Waals surface area contributed by atoms with Crippen molar-refractivity contribution in [2.24, 2.45) is 11.8 Å². The molecule has 0 aliphatic heterocycles. The zero-order valence-corrected chi connectivity index (χ0v) is 24.0. The summed E-state index contributed by atoms with van der Waals surface area (Å²) in [6, 6.07) is 4.69. The normalized spacial score (nSPS) is 23.2. The van der Waals surface area contributed by atoms with Crippen LogP contribution in [0.5, 0.6) is 0 Å². The first-order valence-corrected chi connectivity index (χ1v) is 15.0. The Morgan fingerprint density at radius 2 is 1.67 bits per heavy atom. The lowest BCUT2D eigenvalue weighted by Gasteiger charge is -2.42. The number of hydrogen-bond acceptors (Lipinski definition) is 7. The summed E-state index contributed by atoms with van der Waals surface area (Å²) in [5.74, 6) is -6.88. The summed E-state index contributed by atoms with van der Waals surface area (Å²) in [6.45, 7) is -0.0349. The van der Waals surface area contributed by atoms with Crippen LogP contribution in [0.25, 0.3) is 0 Å². The number of anilines is 1. The summed E-state index contributed by atoms with van der Waals surface area (Å²) in [5, 5.41) is 17.6. The molecule has 2 aliphatic carbocycles. The predicted octanol–water partition coefficient (Wildman–Crippen LogP) is 3.57. The first kappa shape index (κ1) is 31.6. The van der Waals surface area contributed by atoms with Gasteiger partial charge in [-0.15, -0.1) is 0 Å². The number of ether oxygens (including phenoxy) is 1. The van der Waals surface area contributed by atoms with E-state index in [9.17, 15) is 41.1 Å². The number of carbonyl (C=O) groups is 3. The van der Waals surface area contributed by atoms with Crippen LogP contribution < -0.4 is 16.0 Å². The van der Waals surface area contributed by atoms with Crippen molar-refractivity contribution < 1.29 is 45.8 Å². The SMILES string of the molecule is COC(=O)NCCC(=O)NC[C@@]1(O)C2CC[C@H]1C[C@H](S(=O)(=O)c1cc(C(=O)Nc3cc(F)c(F)c(F)c3)ccc1Cl)C2. The maximum absolute atomic E-state index is 13.7. The van der Waals surface area contributed by atoms with Crippen LogP contribution in [0.4, 0.5) is 23.7 Å². The number of benzene rings is 2. The standard InChI is InChI=1S/C27H29ClF3N3O7S/c1-41-26(37)32-7-6-23(35)33-13-27(38)15-3-4-16(27)10-18(9-15)42(39,40)22-8-14(2-5-19(22)28)25(36)34-17-11-20(29)24(31)21(30)12-17/h2,5,8,11-12,15-16,18,38H,3-4,6-7,9-10,13H2,1H3,(H,32,37)(H,33,35)(H,34,36)/t15-,16?,18-,27-/m0/s1. The number of amides is 3. The van der Waals surface area contributed by atoms with Crippen LogP contribution in [0.1, 0.15) is 42.5 Å². The largest absolute Gasteiger partial charge is 0.453 e. The zero-order chi connectivity index (χ0) is 30.8. The van der Waals surface area contributed by atoms with Crippen molar-refractivity contribution in [3.05, 3.63) is 58.4 Å². The highest BCUT2D eigenvalue weighted by molar-refractivity contribution is 7.92. The summed E-state index contributed by atoms with van der Waals surface area (Å²) < 4.78 is 72.2. The first-order valence-electron chi connectivity index (χ1n) is 13.1. The quantitative estimate of drug-likeness (QED) is 0.309. The van der Waals surface area contributed by atoms with Gasteiger partial charge in [0.25, 0.3) is 5.91 Å². The second-order valence-electron chi connectivity index (χ2n) is 10.4. The lowest BCUT2D eigenvalue weighted by molar-refractivity contribution is -0.124. The van der Waals surface area contributed by atoms with Gasteiger partial charge < -0.3 is 25.8 Å². The van der Waals surface area contributed by atoms with Crippen molar-refractivity contribution in [3.8, 4) is 0 Å². The number of sulfone groups is 1. The Balaban J connectivity index is 1.45. The van der Waals surface area contributed by atoms with E-state index in [-0.39, 0.29) is 53.5 Å². The molecular formula is C27H29ClF3N3O7S. The van der Waals surface area contributed by atoms with Crippen molar-refractivity contribution in [3.63, 3.8) is 0 Å². The number of rotatable bonds is 9. The van der Waals surface area contributed by atoms with E-state index >= 15 is 0 Å². The molecule has 2 aromatic rings. The number of carbonyl (C=O) groups excluding carboxylic acids is 3. The molecule has 3 amide bonds. The second kappa shape index (κ2) is 12.5. The van der Waals surface area contributed by atoms with Crippen molar-refractivity contribution >= 4 is 45.0 Å². The van der Waals surface area contributed by atoms with Gasteiger partial charge in [-0.3, -0.25) is 9.59 Å². The van der Waals surface area contributed by atoms with Crippen LogP contribution in [0.2, 0.25) is 5.02 Å². The molecule has 2 aliphatic rings. The zero-order valence-electron chi connectivity index (χ0n) is 22.4.